The van der Waals surface area contributed by atoms with Crippen LogP contribution in [-0.2, 0) is 14.8 Å². The summed E-state index contributed by atoms with van der Waals surface area (Å²) in [6.07, 6.45) is 4.93. The average Bonchev–Trinajstić information content (AvgIpc) is 3.77. The predicted octanol–water partition coefficient (Wildman–Crippen LogP) is 6.34. The highest BCUT2D eigenvalue weighted by Crippen LogP contribution is 2.36. The summed E-state index contributed by atoms with van der Waals surface area (Å²) in [5.74, 6) is 2.48. The van der Waals surface area contributed by atoms with E-state index in [4.69, 9.17) is 24.6 Å². The number of hydrogen-bond donors (Lipinski definition) is 4. The first-order valence-corrected chi connectivity index (χ1v) is 20.2. The van der Waals surface area contributed by atoms with Crippen LogP contribution in [-0.4, -0.2) is 108 Å². The molecule has 0 unspecified atom stereocenters. The molecule has 2 aromatic heterocycles. The fourth-order valence-electron chi connectivity index (χ4n) is 6.98. The summed E-state index contributed by atoms with van der Waals surface area (Å²) in [6, 6.07) is 11.4. The number of methoxy groups -OCH3 is 1. The van der Waals surface area contributed by atoms with Gasteiger partial charge in [-0.15, -0.1) is 0 Å². The summed E-state index contributed by atoms with van der Waals surface area (Å²) < 4.78 is 42.1. The van der Waals surface area contributed by atoms with E-state index in [0.29, 0.717) is 80.3 Å². The second kappa shape index (κ2) is 17.1. The Bertz CT molecular complexity index is 2110. The van der Waals surface area contributed by atoms with E-state index < -0.39 is 10.0 Å². The minimum absolute atomic E-state index is 0.106. The van der Waals surface area contributed by atoms with Crippen molar-refractivity contribution in [1.82, 2.24) is 29.5 Å². The third-order valence-corrected chi connectivity index (χ3v) is 12.9. The Labute approximate surface area is 321 Å². The van der Waals surface area contributed by atoms with Gasteiger partial charge in [-0.3, -0.25) is 0 Å². The van der Waals surface area contributed by atoms with Crippen molar-refractivity contribution < 1.29 is 27.0 Å². The Morgan fingerprint density at radius 2 is 1.31 bits per heavy atom. The minimum atomic E-state index is -3.11. The Morgan fingerprint density at radius 3 is 1.76 bits per heavy atom. The summed E-state index contributed by atoms with van der Waals surface area (Å²) >= 11 is 0. The van der Waals surface area contributed by atoms with Gasteiger partial charge in [-0.1, -0.05) is 29.4 Å². The fourth-order valence-corrected chi connectivity index (χ4v) is 8.85. The number of aromatic nitrogens is 4. The van der Waals surface area contributed by atoms with Gasteiger partial charge in [-0.2, -0.15) is 9.97 Å². The molecule has 2 aliphatic heterocycles. The van der Waals surface area contributed by atoms with Crippen LogP contribution in [0.5, 0.6) is 0 Å². The van der Waals surface area contributed by atoms with Gasteiger partial charge in [0, 0.05) is 97.2 Å². The maximum Gasteiger partial charge on any atom is 0.409 e. The molecule has 2 saturated heterocycles. The highest BCUT2D eigenvalue weighted by molar-refractivity contribution is 7.90. The van der Waals surface area contributed by atoms with E-state index in [1.807, 2.05) is 57.4 Å². The number of sulfonamides is 1. The van der Waals surface area contributed by atoms with Gasteiger partial charge < -0.3 is 40.1 Å². The Kier molecular flexibility index (Phi) is 12.3. The van der Waals surface area contributed by atoms with Crippen LogP contribution in [0.25, 0.3) is 22.9 Å². The molecular weight excluding hydrogens is 725 g/mol. The molecule has 294 valence electrons. The van der Waals surface area contributed by atoms with Gasteiger partial charge >= 0.3 is 6.09 Å². The number of carbonyl (C=O) groups is 1. The van der Waals surface area contributed by atoms with Gasteiger partial charge in [0.15, 0.2) is 11.6 Å². The standard InChI is InChI=1S/C20H27N5O3S.C18H23N5O3/c1-3-17(21)16-7-4-14(12-18(16)22-2)20-23-19(24-28-20)13-8-10-25(11-9-13)29(26,27)15-5-6-15;1-11(19)14-5-4-13(10-15(14)20-2)17-21-16(22-26-17)12-6-8-23(9-7-12)18(24)25-3/h4,7,12-13,15,21-22H,3,5-6,8-11H2,1-2H3;4-5,10,12,19-20H,6-9H2,1-3H3. The highest BCUT2D eigenvalue weighted by atomic mass is 32.2. The quantitative estimate of drug-likeness (QED) is 0.123. The molecule has 2 aromatic carbocycles. The number of rotatable bonds is 11. The van der Waals surface area contributed by atoms with E-state index in [9.17, 15) is 13.2 Å². The lowest BCUT2D eigenvalue weighted by atomic mass is 9.96. The first-order chi connectivity index (χ1) is 26.5. The van der Waals surface area contributed by atoms with E-state index in [-0.39, 0.29) is 23.2 Å². The van der Waals surface area contributed by atoms with Crippen molar-refractivity contribution in [2.75, 3.05) is 58.0 Å². The van der Waals surface area contributed by atoms with Crippen LogP contribution in [0.1, 0.15) is 93.4 Å². The zero-order valence-corrected chi connectivity index (χ0v) is 32.8. The molecule has 3 aliphatic rings. The van der Waals surface area contributed by atoms with Gasteiger partial charge in [0.25, 0.3) is 11.8 Å². The van der Waals surface area contributed by atoms with Crippen molar-refractivity contribution in [3.63, 3.8) is 0 Å². The molecule has 1 aliphatic carbocycles. The maximum atomic E-state index is 12.4. The van der Waals surface area contributed by atoms with Crippen LogP contribution < -0.4 is 10.6 Å². The molecule has 0 bridgehead atoms. The first-order valence-electron chi connectivity index (χ1n) is 18.7. The molecule has 3 fully saturated rings. The molecule has 16 nitrogen and oxygen atoms in total. The largest absolute Gasteiger partial charge is 0.453 e. The molecule has 1 amide bonds. The second-order valence-electron chi connectivity index (χ2n) is 14.0. The van der Waals surface area contributed by atoms with Crippen LogP contribution in [0.2, 0.25) is 0 Å². The highest BCUT2D eigenvalue weighted by Gasteiger charge is 2.41. The summed E-state index contributed by atoms with van der Waals surface area (Å²) in [7, 11) is 1.93. The lowest BCUT2D eigenvalue weighted by Gasteiger charge is -2.29. The fraction of sp³-hybridized carbons (Fsp3) is 0.500. The van der Waals surface area contributed by atoms with Crippen molar-refractivity contribution in [2.24, 2.45) is 0 Å². The minimum Gasteiger partial charge on any atom is -0.453 e. The van der Waals surface area contributed by atoms with E-state index in [1.54, 1.807) is 16.1 Å². The Balaban J connectivity index is 0.000000188. The molecule has 7 rings (SSSR count). The third kappa shape index (κ3) is 8.88. The molecule has 0 atom stereocenters. The van der Waals surface area contributed by atoms with Gasteiger partial charge in [0.2, 0.25) is 10.0 Å². The lowest BCUT2D eigenvalue weighted by Crippen LogP contribution is -2.39. The molecule has 4 aromatic rings. The smallest absolute Gasteiger partial charge is 0.409 e. The van der Waals surface area contributed by atoms with Crippen LogP contribution in [0, 0.1) is 10.8 Å². The third-order valence-electron chi connectivity index (χ3n) is 10.5. The molecule has 55 heavy (non-hydrogen) atoms. The summed E-state index contributed by atoms with van der Waals surface area (Å²) in [4.78, 5) is 22.4. The number of likely N-dealkylation sites (tertiary alicyclic amines) is 1. The van der Waals surface area contributed by atoms with Gasteiger partial charge in [-0.25, -0.2) is 17.5 Å². The predicted molar refractivity (Wildman–Crippen MR) is 210 cm³/mol. The van der Waals surface area contributed by atoms with Crippen LogP contribution >= 0.6 is 0 Å². The van der Waals surface area contributed by atoms with Crippen LogP contribution in [0.4, 0.5) is 16.2 Å². The molecule has 4 heterocycles. The number of ether oxygens (including phenoxy) is 1. The van der Waals surface area contributed by atoms with Crippen molar-refractivity contribution in [3.8, 4) is 22.9 Å². The van der Waals surface area contributed by atoms with E-state index in [1.165, 1.54) is 7.11 Å². The summed E-state index contributed by atoms with van der Waals surface area (Å²) in [5, 5.41) is 30.3. The van der Waals surface area contributed by atoms with Crippen molar-refractivity contribution in [3.05, 3.63) is 59.2 Å². The molecule has 1 saturated carbocycles. The van der Waals surface area contributed by atoms with E-state index in [2.05, 4.69) is 30.9 Å². The molecule has 17 heteroatoms. The molecule has 0 radical (unpaired) electrons. The van der Waals surface area contributed by atoms with E-state index >= 15 is 0 Å². The Hall–Kier alpha value is -5.16. The van der Waals surface area contributed by atoms with Crippen LogP contribution in [0.15, 0.2) is 45.4 Å². The van der Waals surface area contributed by atoms with Gasteiger partial charge in [0.1, 0.15) is 0 Å². The maximum absolute atomic E-state index is 12.4. The molecule has 0 spiro atoms. The van der Waals surface area contributed by atoms with Gasteiger partial charge in [-0.05, 0) is 76.1 Å². The number of amides is 1. The van der Waals surface area contributed by atoms with Crippen LogP contribution in [0.3, 0.4) is 0 Å². The van der Waals surface area contributed by atoms with Crippen molar-refractivity contribution >= 4 is 38.9 Å². The summed E-state index contributed by atoms with van der Waals surface area (Å²) in [5.41, 5.74) is 6.08. The number of nitrogens with one attached hydrogen (secondary N) is 4. The second-order valence-corrected chi connectivity index (χ2v) is 16.3. The topological polar surface area (TPSA) is 217 Å². The van der Waals surface area contributed by atoms with E-state index in [0.717, 1.165) is 59.3 Å². The monoisotopic (exact) mass is 774 g/mol. The number of benzene rings is 2. The average molecular weight is 775 g/mol. The first kappa shape index (κ1) is 39.5. The number of carbonyl (C=O) groups excluding carboxylic acids is 1. The lowest BCUT2D eigenvalue weighted by molar-refractivity contribution is 0.111. The number of nitrogens with zero attached hydrogens (tertiary/aromatic N) is 6. The van der Waals surface area contributed by atoms with Crippen molar-refractivity contribution in [2.45, 2.75) is 75.9 Å². The summed E-state index contributed by atoms with van der Waals surface area (Å²) in [6.45, 7) is 6.00. The molecular formula is C38H50N10O6S. The Morgan fingerprint density at radius 1 is 0.818 bits per heavy atom. The number of anilines is 2. The number of piperidine rings is 2. The normalized spacial score (nSPS) is 16.9. The zero-order valence-electron chi connectivity index (χ0n) is 32.0. The number of hydrogen-bond acceptors (Lipinski definition) is 14. The van der Waals surface area contributed by atoms with Gasteiger partial charge in [0.05, 0.1) is 12.4 Å². The van der Waals surface area contributed by atoms with Crippen molar-refractivity contribution in [1.29, 1.82) is 10.8 Å². The molecule has 4 N–H and O–H groups in total. The SMILES string of the molecule is CCC(=N)c1ccc(-c2nc(C3CCN(S(=O)(=O)C4CC4)CC3)no2)cc1NC.CNc1cc(-c2nc(C3CCN(C(=O)OC)CC3)no2)ccc1C(C)=N. The zero-order chi connectivity index (χ0) is 39.3.